The van der Waals surface area contributed by atoms with Gasteiger partial charge in [-0.3, -0.25) is 0 Å². The van der Waals surface area contributed by atoms with Crippen LogP contribution in [0.25, 0.3) is 0 Å². The summed E-state index contributed by atoms with van der Waals surface area (Å²) in [6.45, 7) is 1.88. The van der Waals surface area contributed by atoms with E-state index in [0.29, 0.717) is 16.4 Å². The molecule has 0 bridgehead atoms. The first-order valence-corrected chi connectivity index (χ1v) is 6.53. The van der Waals surface area contributed by atoms with E-state index in [2.05, 4.69) is 4.98 Å². The minimum atomic E-state index is -1.05. The van der Waals surface area contributed by atoms with Gasteiger partial charge in [0.2, 0.25) is 5.76 Å². The SMILES string of the molecule is Cc1nc(N)sc1SCc1ccoc1C(=O)O. The number of nitrogen functional groups attached to an aromatic ring is 1. The number of anilines is 1. The number of nitrogens with zero attached hydrogens (tertiary/aromatic N) is 1. The van der Waals surface area contributed by atoms with Gasteiger partial charge in [0.25, 0.3) is 0 Å². The molecule has 0 aliphatic carbocycles. The molecule has 0 aliphatic heterocycles. The molecule has 0 saturated heterocycles. The topological polar surface area (TPSA) is 89.4 Å². The number of nitrogens with two attached hydrogens (primary N) is 1. The zero-order valence-corrected chi connectivity index (χ0v) is 10.6. The van der Waals surface area contributed by atoms with E-state index in [1.54, 1.807) is 6.07 Å². The monoisotopic (exact) mass is 270 g/mol. The molecule has 0 spiro atoms. The van der Waals surface area contributed by atoms with Crippen molar-refractivity contribution in [3.05, 3.63) is 29.3 Å². The fraction of sp³-hybridized carbons (Fsp3) is 0.200. The highest BCUT2D eigenvalue weighted by atomic mass is 32.2. The molecule has 2 aromatic rings. The van der Waals surface area contributed by atoms with E-state index in [-0.39, 0.29) is 5.76 Å². The standard InChI is InChI=1S/C10H10N2O3S2/c1-5-9(17-10(11)12-5)16-4-6-2-3-15-7(6)8(13)14/h2-3H,4H2,1H3,(H2,11,12)(H,13,14). The van der Waals surface area contributed by atoms with E-state index in [1.165, 1.54) is 29.4 Å². The maximum atomic E-state index is 10.8. The van der Waals surface area contributed by atoms with Crippen LogP contribution in [0.3, 0.4) is 0 Å². The fourth-order valence-corrected chi connectivity index (χ4v) is 3.32. The Morgan fingerprint density at radius 3 is 3.06 bits per heavy atom. The number of furan rings is 1. The molecule has 0 amide bonds. The second-order valence-electron chi connectivity index (χ2n) is 3.29. The first-order valence-electron chi connectivity index (χ1n) is 4.73. The van der Waals surface area contributed by atoms with Crippen molar-refractivity contribution in [1.29, 1.82) is 0 Å². The van der Waals surface area contributed by atoms with Crippen molar-refractivity contribution in [1.82, 2.24) is 4.98 Å². The van der Waals surface area contributed by atoms with E-state index in [9.17, 15) is 4.79 Å². The summed E-state index contributed by atoms with van der Waals surface area (Å²) in [4.78, 5) is 14.9. The lowest BCUT2D eigenvalue weighted by atomic mass is 10.3. The van der Waals surface area contributed by atoms with Crippen molar-refractivity contribution < 1.29 is 14.3 Å². The Hall–Kier alpha value is -1.47. The van der Waals surface area contributed by atoms with Gasteiger partial charge in [-0.05, 0) is 13.0 Å². The quantitative estimate of drug-likeness (QED) is 0.830. The molecule has 17 heavy (non-hydrogen) atoms. The van der Waals surface area contributed by atoms with Gasteiger partial charge in [0, 0.05) is 11.3 Å². The van der Waals surface area contributed by atoms with E-state index in [0.717, 1.165) is 9.90 Å². The van der Waals surface area contributed by atoms with E-state index >= 15 is 0 Å². The number of rotatable bonds is 4. The van der Waals surface area contributed by atoms with Crippen LogP contribution in [0.15, 0.2) is 21.0 Å². The largest absolute Gasteiger partial charge is 0.475 e. The number of hydrogen-bond donors (Lipinski definition) is 2. The van der Waals surface area contributed by atoms with Gasteiger partial charge in [0.05, 0.1) is 16.2 Å². The van der Waals surface area contributed by atoms with Crippen LogP contribution in [0.2, 0.25) is 0 Å². The Morgan fingerprint density at radius 1 is 1.71 bits per heavy atom. The molecule has 0 atom stereocenters. The van der Waals surface area contributed by atoms with Gasteiger partial charge in [-0.15, -0.1) is 11.8 Å². The van der Waals surface area contributed by atoms with Crippen molar-refractivity contribution in [3.8, 4) is 0 Å². The Balaban J connectivity index is 2.10. The summed E-state index contributed by atoms with van der Waals surface area (Å²) in [7, 11) is 0. The average Bonchev–Trinajstić information content (AvgIpc) is 2.82. The highest BCUT2D eigenvalue weighted by molar-refractivity contribution is 8.00. The molecule has 0 radical (unpaired) electrons. The Kier molecular flexibility index (Phi) is 3.39. The molecule has 3 N–H and O–H groups in total. The Morgan fingerprint density at radius 2 is 2.47 bits per heavy atom. The van der Waals surface area contributed by atoms with Crippen LogP contribution >= 0.6 is 23.1 Å². The summed E-state index contributed by atoms with van der Waals surface area (Å²) in [6.07, 6.45) is 1.38. The smallest absolute Gasteiger partial charge is 0.372 e. The Labute approximate surface area is 106 Å². The number of aromatic carboxylic acids is 1. The lowest BCUT2D eigenvalue weighted by molar-refractivity contribution is 0.0661. The third-order valence-corrected chi connectivity index (χ3v) is 4.47. The average molecular weight is 270 g/mol. The molecular weight excluding hydrogens is 260 g/mol. The lowest BCUT2D eigenvalue weighted by Crippen LogP contribution is -1.97. The van der Waals surface area contributed by atoms with Crippen molar-refractivity contribution >= 4 is 34.2 Å². The van der Waals surface area contributed by atoms with Crippen LogP contribution < -0.4 is 5.73 Å². The minimum absolute atomic E-state index is 0.00681. The van der Waals surface area contributed by atoms with Crippen LogP contribution in [0.5, 0.6) is 0 Å². The van der Waals surface area contributed by atoms with Crippen LogP contribution in [0.4, 0.5) is 5.13 Å². The number of carbonyl (C=O) groups is 1. The van der Waals surface area contributed by atoms with E-state index < -0.39 is 5.97 Å². The van der Waals surface area contributed by atoms with Gasteiger partial charge in [-0.2, -0.15) is 0 Å². The number of thiazole rings is 1. The van der Waals surface area contributed by atoms with Crippen molar-refractivity contribution in [2.75, 3.05) is 5.73 Å². The molecule has 7 heteroatoms. The maximum absolute atomic E-state index is 10.8. The van der Waals surface area contributed by atoms with Crippen molar-refractivity contribution in [2.24, 2.45) is 0 Å². The highest BCUT2D eigenvalue weighted by Crippen LogP contribution is 2.33. The zero-order valence-electron chi connectivity index (χ0n) is 8.97. The van der Waals surface area contributed by atoms with Gasteiger partial charge >= 0.3 is 5.97 Å². The predicted molar refractivity (Wildman–Crippen MR) is 66.5 cm³/mol. The molecule has 90 valence electrons. The first-order chi connectivity index (χ1) is 8.08. The van der Waals surface area contributed by atoms with Crippen LogP contribution in [0.1, 0.15) is 21.8 Å². The molecular formula is C10H10N2O3S2. The van der Waals surface area contributed by atoms with Gasteiger partial charge in [0.15, 0.2) is 5.13 Å². The summed E-state index contributed by atoms with van der Waals surface area (Å²) < 4.78 is 5.90. The summed E-state index contributed by atoms with van der Waals surface area (Å²) >= 11 is 2.91. The molecule has 2 aromatic heterocycles. The third-order valence-electron chi connectivity index (χ3n) is 2.07. The molecule has 0 saturated carbocycles. The number of carboxylic acid groups (broad SMARTS) is 1. The summed E-state index contributed by atoms with van der Waals surface area (Å²) in [5.41, 5.74) is 7.12. The van der Waals surface area contributed by atoms with E-state index in [1.807, 2.05) is 6.92 Å². The zero-order chi connectivity index (χ0) is 12.4. The lowest BCUT2D eigenvalue weighted by Gasteiger charge is -1.98. The third kappa shape index (κ3) is 2.62. The van der Waals surface area contributed by atoms with Crippen LogP contribution in [-0.4, -0.2) is 16.1 Å². The van der Waals surface area contributed by atoms with Gasteiger partial charge in [-0.25, -0.2) is 9.78 Å². The van der Waals surface area contributed by atoms with Gasteiger partial charge < -0.3 is 15.3 Å². The highest BCUT2D eigenvalue weighted by Gasteiger charge is 2.15. The van der Waals surface area contributed by atoms with Crippen LogP contribution in [-0.2, 0) is 5.75 Å². The van der Waals surface area contributed by atoms with Crippen LogP contribution in [0, 0.1) is 6.92 Å². The number of hydrogen-bond acceptors (Lipinski definition) is 6. The number of aryl methyl sites for hydroxylation is 1. The maximum Gasteiger partial charge on any atom is 0.372 e. The molecule has 0 unspecified atom stereocenters. The summed E-state index contributed by atoms with van der Waals surface area (Å²) in [5, 5.41) is 9.40. The normalized spacial score (nSPS) is 10.6. The summed E-state index contributed by atoms with van der Waals surface area (Å²) in [5.74, 6) is -0.528. The minimum Gasteiger partial charge on any atom is -0.475 e. The van der Waals surface area contributed by atoms with Gasteiger partial charge in [-0.1, -0.05) is 11.3 Å². The first kappa shape index (κ1) is 12.0. The summed E-state index contributed by atoms with van der Waals surface area (Å²) in [6, 6.07) is 1.66. The fourth-order valence-electron chi connectivity index (χ4n) is 1.32. The number of carboxylic acids is 1. The van der Waals surface area contributed by atoms with E-state index in [4.69, 9.17) is 15.3 Å². The van der Waals surface area contributed by atoms with Crippen molar-refractivity contribution in [2.45, 2.75) is 16.9 Å². The predicted octanol–water partition coefficient (Wildman–Crippen LogP) is 2.62. The molecule has 5 nitrogen and oxygen atoms in total. The molecule has 2 rings (SSSR count). The molecule has 0 aliphatic rings. The number of aromatic nitrogens is 1. The second-order valence-corrected chi connectivity index (χ2v) is 5.57. The molecule has 0 aromatic carbocycles. The van der Waals surface area contributed by atoms with Gasteiger partial charge in [0.1, 0.15) is 0 Å². The second kappa shape index (κ2) is 4.80. The molecule has 0 fully saturated rings. The van der Waals surface area contributed by atoms with Crippen molar-refractivity contribution in [3.63, 3.8) is 0 Å². The Bertz CT molecular complexity index is 547. The number of thioether (sulfide) groups is 1. The molecule has 2 heterocycles.